The van der Waals surface area contributed by atoms with E-state index in [1.54, 1.807) is 18.2 Å². The van der Waals surface area contributed by atoms with E-state index in [1.165, 1.54) is 13.3 Å². The smallest absolute Gasteiger partial charge is 0.144 e. The molecule has 0 aliphatic carbocycles. The van der Waals surface area contributed by atoms with Gasteiger partial charge >= 0.3 is 0 Å². The molecule has 0 saturated carbocycles. The fraction of sp³-hybridized carbons (Fsp3) is 0.414. The van der Waals surface area contributed by atoms with E-state index in [2.05, 4.69) is 16.8 Å². The molecule has 0 spiro atoms. The normalized spacial score (nSPS) is 16.2. The highest BCUT2D eigenvalue weighted by Gasteiger charge is 2.34. The molecule has 38 heavy (non-hydrogen) atoms. The van der Waals surface area contributed by atoms with E-state index in [4.69, 9.17) is 4.74 Å². The molecule has 202 valence electrons. The van der Waals surface area contributed by atoms with Gasteiger partial charge in [-0.1, -0.05) is 11.8 Å². The number of hydrogen-bond donors (Lipinski definition) is 2. The Morgan fingerprint density at radius 1 is 1.13 bits per heavy atom. The van der Waals surface area contributed by atoms with Gasteiger partial charge in [0, 0.05) is 35.9 Å². The minimum Gasteiger partial charge on any atom is -0.497 e. The molecular formula is C29H30F4N2O3. The SMILES string of the molecule is COc1ccc2ncc(CF)c(C(O)CCC3(CO)CCN(CC#Cc4c(F)cc(F)cc4F)CC3)c2c1. The number of aliphatic hydroxyl groups excluding tert-OH is 2. The Bertz CT molecular complexity index is 1320. The van der Waals surface area contributed by atoms with Crippen molar-refractivity contribution in [3.8, 4) is 17.6 Å². The van der Waals surface area contributed by atoms with Gasteiger partial charge in [0.25, 0.3) is 0 Å². The molecule has 1 fully saturated rings. The first-order valence-electron chi connectivity index (χ1n) is 12.5. The number of rotatable bonds is 8. The van der Waals surface area contributed by atoms with Crippen molar-refractivity contribution in [1.82, 2.24) is 9.88 Å². The van der Waals surface area contributed by atoms with Gasteiger partial charge in [0.15, 0.2) is 0 Å². The van der Waals surface area contributed by atoms with Gasteiger partial charge in [-0.05, 0) is 68.0 Å². The number of pyridine rings is 1. The van der Waals surface area contributed by atoms with E-state index in [0.29, 0.717) is 78.7 Å². The number of nitrogens with zero attached hydrogens (tertiary/aromatic N) is 2. The summed E-state index contributed by atoms with van der Waals surface area (Å²) in [6.07, 6.45) is 2.61. The third-order valence-electron chi connectivity index (χ3n) is 7.40. The lowest BCUT2D eigenvalue weighted by Crippen LogP contribution is -2.42. The van der Waals surface area contributed by atoms with E-state index >= 15 is 0 Å². The van der Waals surface area contributed by atoms with Gasteiger partial charge in [-0.3, -0.25) is 9.88 Å². The molecule has 2 aromatic carbocycles. The molecule has 2 N–H and O–H groups in total. The molecular weight excluding hydrogens is 500 g/mol. The fourth-order valence-electron chi connectivity index (χ4n) is 5.02. The lowest BCUT2D eigenvalue weighted by Gasteiger charge is -2.40. The van der Waals surface area contributed by atoms with E-state index in [0.717, 1.165) is 0 Å². The zero-order valence-corrected chi connectivity index (χ0v) is 21.1. The Kier molecular flexibility index (Phi) is 8.87. The molecule has 0 amide bonds. The second-order valence-corrected chi connectivity index (χ2v) is 9.75. The van der Waals surface area contributed by atoms with Crippen molar-refractivity contribution in [3.63, 3.8) is 0 Å². The second-order valence-electron chi connectivity index (χ2n) is 9.75. The lowest BCUT2D eigenvalue weighted by molar-refractivity contribution is 0.0272. The van der Waals surface area contributed by atoms with Crippen molar-refractivity contribution >= 4 is 10.9 Å². The van der Waals surface area contributed by atoms with E-state index in [-0.39, 0.29) is 13.2 Å². The van der Waals surface area contributed by atoms with Gasteiger partial charge < -0.3 is 14.9 Å². The summed E-state index contributed by atoms with van der Waals surface area (Å²) in [7, 11) is 1.53. The Balaban J connectivity index is 1.40. The zero-order chi connectivity index (χ0) is 27.3. The van der Waals surface area contributed by atoms with Crippen molar-refractivity contribution < 1.29 is 32.5 Å². The van der Waals surface area contributed by atoms with Crippen molar-refractivity contribution in [1.29, 1.82) is 0 Å². The summed E-state index contributed by atoms with van der Waals surface area (Å²) in [5, 5.41) is 22.0. The Morgan fingerprint density at radius 2 is 1.84 bits per heavy atom. The number of aromatic nitrogens is 1. The molecule has 1 aliphatic rings. The predicted molar refractivity (Wildman–Crippen MR) is 136 cm³/mol. The molecule has 4 rings (SSSR count). The fourth-order valence-corrected chi connectivity index (χ4v) is 5.02. The van der Waals surface area contributed by atoms with Crippen LogP contribution in [0.15, 0.2) is 36.5 Å². The highest BCUT2D eigenvalue weighted by atomic mass is 19.1. The predicted octanol–water partition coefficient (Wildman–Crippen LogP) is 5.07. The van der Waals surface area contributed by atoms with Gasteiger partial charge in [-0.2, -0.15) is 0 Å². The summed E-state index contributed by atoms with van der Waals surface area (Å²) in [5.74, 6) is 2.70. The van der Waals surface area contributed by atoms with Gasteiger partial charge in [-0.25, -0.2) is 17.6 Å². The number of fused-ring (bicyclic) bond motifs is 1. The number of alkyl halides is 1. The molecule has 1 atom stereocenters. The summed E-state index contributed by atoms with van der Waals surface area (Å²) in [4.78, 5) is 6.31. The topological polar surface area (TPSA) is 65.8 Å². The number of piperidine rings is 1. The van der Waals surface area contributed by atoms with Crippen molar-refractivity contribution in [2.45, 2.75) is 38.5 Å². The highest BCUT2D eigenvalue weighted by Crippen LogP contribution is 2.39. The number of benzene rings is 2. The summed E-state index contributed by atoms with van der Waals surface area (Å²) in [6.45, 7) is 0.645. The molecule has 1 aromatic heterocycles. The molecule has 3 aromatic rings. The summed E-state index contributed by atoms with van der Waals surface area (Å²) < 4.78 is 59.8. The Morgan fingerprint density at radius 3 is 2.47 bits per heavy atom. The van der Waals surface area contributed by atoms with Crippen LogP contribution in [0.5, 0.6) is 5.75 Å². The molecule has 2 heterocycles. The summed E-state index contributed by atoms with van der Waals surface area (Å²) in [6, 6.07) is 6.45. The maximum atomic E-state index is 13.8. The van der Waals surface area contributed by atoms with Gasteiger partial charge in [0.2, 0.25) is 0 Å². The zero-order valence-electron chi connectivity index (χ0n) is 21.1. The maximum absolute atomic E-state index is 13.8. The van der Waals surface area contributed by atoms with Crippen LogP contribution in [0.2, 0.25) is 0 Å². The molecule has 5 nitrogen and oxygen atoms in total. The van der Waals surface area contributed by atoms with Crippen LogP contribution in [0.3, 0.4) is 0 Å². The van der Waals surface area contributed by atoms with Crippen LogP contribution in [0.4, 0.5) is 17.6 Å². The Labute approximate surface area is 219 Å². The molecule has 1 aliphatic heterocycles. The van der Waals surface area contributed by atoms with E-state index in [9.17, 15) is 27.8 Å². The average molecular weight is 531 g/mol. The highest BCUT2D eigenvalue weighted by molar-refractivity contribution is 5.85. The van der Waals surface area contributed by atoms with Gasteiger partial charge in [-0.15, -0.1) is 0 Å². The molecule has 1 unspecified atom stereocenters. The number of halogens is 4. The standard InChI is InChI=1S/C29H30F4N2O3/c1-38-21-4-5-26-23(15-21)28(19(16-30)17-34-26)27(37)6-7-29(18-36)8-11-35(12-9-29)10-2-3-22-24(32)13-20(31)14-25(22)33/h4-5,13-15,17,27,36-37H,6-12,16,18H2,1H3. The minimum atomic E-state index is -1.04. The molecule has 0 radical (unpaired) electrons. The van der Waals surface area contributed by atoms with Crippen LogP contribution < -0.4 is 4.74 Å². The second kappa shape index (κ2) is 12.1. The van der Waals surface area contributed by atoms with Crippen LogP contribution in [0.1, 0.15) is 48.5 Å². The third-order valence-corrected chi connectivity index (χ3v) is 7.40. The van der Waals surface area contributed by atoms with E-state index in [1.807, 2.05) is 4.90 Å². The van der Waals surface area contributed by atoms with Crippen LogP contribution in [-0.2, 0) is 6.67 Å². The number of aliphatic hydroxyl groups is 2. The first-order valence-corrected chi connectivity index (χ1v) is 12.5. The van der Waals surface area contributed by atoms with Gasteiger partial charge in [0.05, 0.1) is 30.8 Å². The largest absolute Gasteiger partial charge is 0.497 e. The van der Waals surface area contributed by atoms with Crippen LogP contribution in [-0.4, -0.2) is 53.4 Å². The molecule has 1 saturated heterocycles. The summed E-state index contributed by atoms with van der Waals surface area (Å²) >= 11 is 0. The monoisotopic (exact) mass is 530 g/mol. The van der Waals surface area contributed by atoms with Gasteiger partial charge in [0.1, 0.15) is 29.9 Å². The minimum absolute atomic E-state index is 0.0634. The molecule has 9 heteroatoms. The number of hydrogen-bond acceptors (Lipinski definition) is 5. The average Bonchev–Trinajstić information content (AvgIpc) is 2.92. The number of ether oxygens (including phenoxy) is 1. The van der Waals surface area contributed by atoms with Crippen LogP contribution in [0.25, 0.3) is 10.9 Å². The summed E-state index contributed by atoms with van der Waals surface area (Å²) in [5.41, 5.74) is 0.548. The first kappa shape index (κ1) is 27.8. The van der Waals surface area contributed by atoms with Crippen LogP contribution >= 0.6 is 0 Å². The van der Waals surface area contributed by atoms with Crippen molar-refractivity contribution in [2.24, 2.45) is 5.41 Å². The lowest BCUT2D eigenvalue weighted by atomic mass is 9.74. The Hall–Kier alpha value is -3.19. The maximum Gasteiger partial charge on any atom is 0.144 e. The van der Waals surface area contributed by atoms with E-state index < -0.39 is 41.2 Å². The quantitative estimate of drug-likeness (QED) is 0.315. The van der Waals surface area contributed by atoms with Crippen LogP contribution in [0, 0.1) is 34.7 Å². The first-order chi connectivity index (χ1) is 18.3. The third kappa shape index (κ3) is 6.09. The van der Waals surface area contributed by atoms with Crippen molar-refractivity contribution in [2.75, 3.05) is 33.4 Å². The number of methoxy groups -OCH3 is 1. The van der Waals surface area contributed by atoms with Crippen molar-refractivity contribution in [3.05, 3.63) is 70.7 Å². The number of likely N-dealkylation sites (tertiary alicyclic amines) is 1. The molecule has 0 bridgehead atoms.